The van der Waals surface area contributed by atoms with Gasteiger partial charge in [0.2, 0.25) is 0 Å². The minimum Gasteiger partial charge on any atom is -0.489 e. The number of carbonyl (C=O) groups excluding carboxylic acids is 1. The van der Waals surface area contributed by atoms with Gasteiger partial charge < -0.3 is 15.0 Å². The average molecular weight is 269 g/mol. The summed E-state index contributed by atoms with van der Waals surface area (Å²) >= 11 is 6.11. The van der Waals surface area contributed by atoms with Crippen molar-refractivity contribution in [3.05, 3.63) is 28.8 Å². The Morgan fingerprint density at radius 3 is 2.83 bits per heavy atom. The Morgan fingerprint density at radius 2 is 2.28 bits per heavy atom. The molecule has 1 fully saturated rings. The van der Waals surface area contributed by atoms with Crippen LogP contribution in [-0.2, 0) is 0 Å². The van der Waals surface area contributed by atoms with Gasteiger partial charge in [0.05, 0.1) is 10.6 Å². The zero-order valence-electron chi connectivity index (χ0n) is 10.6. The second-order valence-electron chi connectivity index (χ2n) is 4.57. The number of nitrogens with one attached hydrogen (secondary N) is 1. The van der Waals surface area contributed by atoms with Crippen LogP contribution in [0.3, 0.4) is 0 Å². The van der Waals surface area contributed by atoms with Crippen LogP contribution >= 0.6 is 11.6 Å². The summed E-state index contributed by atoms with van der Waals surface area (Å²) in [7, 11) is 3.40. The predicted octanol–water partition coefficient (Wildman–Crippen LogP) is 1.78. The number of halogens is 1. The van der Waals surface area contributed by atoms with E-state index in [1.807, 2.05) is 0 Å². The first-order chi connectivity index (χ1) is 8.58. The van der Waals surface area contributed by atoms with Crippen molar-refractivity contribution in [2.24, 2.45) is 0 Å². The van der Waals surface area contributed by atoms with E-state index < -0.39 is 0 Å². The molecule has 0 aromatic heterocycles. The maximum Gasteiger partial charge on any atom is 0.254 e. The lowest BCUT2D eigenvalue weighted by molar-refractivity contribution is 0.0827. The van der Waals surface area contributed by atoms with E-state index in [9.17, 15) is 4.79 Å². The summed E-state index contributed by atoms with van der Waals surface area (Å²) in [4.78, 5) is 13.3. The summed E-state index contributed by atoms with van der Waals surface area (Å²) in [5.41, 5.74) is 0.499. The Morgan fingerprint density at radius 1 is 1.50 bits per heavy atom. The predicted molar refractivity (Wildman–Crippen MR) is 71.4 cm³/mol. The molecule has 1 aliphatic heterocycles. The van der Waals surface area contributed by atoms with Crippen molar-refractivity contribution in [2.45, 2.75) is 12.5 Å². The molecule has 1 saturated heterocycles. The lowest BCUT2D eigenvalue weighted by Crippen LogP contribution is -2.22. The molecule has 5 heteroatoms. The highest BCUT2D eigenvalue weighted by atomic mass is 35.5. The Kier molecular flexibility index (Phi) is 4.09. The third-order valence-corrected chi connectivity index (χ3v) is 3.21. The van der Waals surface area contributed by atoms with Gasteiger partial charge in [-0.3, -0.25) is 4.79 Å². The Hall–Kier alpha value is -1.26. The van der Waals surface area contributed by atoms with Gasteiger partial charge in [0.1, 0.15) is 11.9 Å². The fraction of sp³-hybridized carbons (Fsp3) is 0.462. The van der Waals surface area contributed by atoms with Crippen molar-refractivity contribution < 1.29 is 9.53 Å². The number of hydrogen-bond donors (Lipinski definition) is 1. The highest BCUT2D eigenvalue weighted by molar-refractivity contribution is 6.34. The molecule has 4 nitrogen and oxygen atoms in total. The summed E-state index contributed by atoms with van der Waals surface area (Å²) in [5, 5.41) is 3.66. The van der Waals surface area contributed by atoms with Crippen molar-refractivity contribution in [3.63, 3.8) is 0 Å². The second-order valence-corrected chi connectivity index (χ2v) is 4.98. The minimum absolute atomic E-state index is 0.103. The van der Waals surface area contributed by atoms with E-state index in [0.29, 0.717) is 16.3 Å². The molecule has 0 saturated carbocycles. The summed E-state index contributed by atoms with van der Waals surface area (Å²) < 4.78 is 5.78. The van der Waals surface area contributed by atoms with Crippen molar-refractivity contribution in [2.75, 3.05) is 27.2 Å². The SMILES string of the molecule is CN(C)C(=O)c1ccc(O[C@@H]2CCNC2)cc1Cl. The van der Waals surface area contributed by atoms with E-state index in [4.69, 9.17) is 16.3 Å². The van der Waals surface area contributed by atoms with Crippen LogP contribution in [-0.4, -0.2) is 44.1 Å². The molecular formula is C13H17ClN2O2. The van der Waals surface area contributed by atoms with Crippen LogP contribution in [0.2, 0.25) is 5.02 Å². The monoisotopic (exact) mass is 268 g/mol. The number of rotatable bonds is 3. The molecule has 0 aliphatic carbocycles. The standard InChI is InChI=1S/C13H17ClN2O2/c1-16(2)13(17)11-4-3-9(7-12(11)14)18-10-5-6-15-8-10/h3-4,7,10,15H,5-6,8H2,1-2H3/t10-/m1/s1. The fourth-order valence-electron chi connectivity index (χ4n) is 1.90. The number of hydrogen-bond acceptors (Lipinski definition) is 3. The van der Waals surface area contributed by atoms with Crippen molar-refractivity contribution in [1.29, 1.82) is 0 Å². The molecule has 0 bridgehead atoms. The van der Waals surface area contributed by atoms with Crippen LogP contribution in [0.1, 0.15) is 16.8 Å². The Balaban J connectivity index is 2.11. The fourth-order valence-corrected chi connectivity index (χ4v) is 2.16. The molecule has 1 atom stereocenters. The van der Waals surface area contributed by atoms with Gasteiger partial charge in [0, 0.05) is 20.6 Å². The zero-order chi connectivity index (χ0) is 13.1. The van der Waals surface area contributed by atoms with Gasteiger partial charge in [-0.15, -0.1) is 0 Å². The summed E-state index contributed by atoms with van der Waals surface area (Å²) in [6, 6.07) is 5.21. The molecule has 1 aromatic rings. The molecule has 98 valence electrons. The van der Waals surface area contributed by atoms with Gasteiger partial charge in [-0.1, -0.05) is 11.6 Å². The summed E-state index contributed by atoms with van der Waals surface area (Å²) in [5.74, 6) is 0.609. The Labute approximate surface area is 112 Å². The topological polar surface area (TPSA) is 41.6 Å². The number of carbonyl (C=O) groups is 1. The third kappa shape index (κ3) is 2.94. The first kappa shape index (κ1) is 13.2. The maximum atomic E-state index is 11.8. The quantitative estimate of drug-likeness (QED) is 0.909. The number of ether oxygens (including phenoxy) is 1. The molecule has 2 rings (SSSR count). The molecular weight excluding hydrogens is 252 g/mol. The Bertz CT molecular complexity index is 443. The minimum atomic E-state index is -0.103. The zero-order valence-corrected chi connectivity index (χ0v) is 11.3. The van der Waals surface area contributed by atoms with Crippen LogP contribution in [0.25, 0.3) is 0 Å². The van der Waals surface area contributed by atoms with E-state index >= 15 is 0 Å². The van der Waals surface area contributed by atoms with E-state index in [1.54, 1.807) is 32.3 Å². The first-order valence-corrected chi connectivity index (χ1v) is 6.34. The molecule has 1 N–H and O–H groups in total. The molecule has 1 aromatic carbocycles. The molecule has 0 spiro atoms. The number of amides is 1. The van der Waals surface area contributed by atoms with E-state index in [1.165, 1.54) is 4.90 Å². The van der Waals surface area contributed by atoms with Gasteiger partial charge in [-0.2, -0.15) is 0 Å². The van der Waals surface area contributed by atoms with Crippen molar-refractivity contribution in [1.82, 2.24) is 10.2 Å². The van der Waals surface area contributed by atoms with Gasteiger partial charge >= 0.3 is 0 Å². The van der Waals surface area contributed by atoms with E-state index in [0.717, 1.165) is 19.5 Å². The molecule has 18 heavy (non-hydrogen) atoms. The summed E-state index contributed by atoms with van der Waals surface area (Å²) in [6.45, 7) is 1.84. The third-order valence-electron chi connectivity index (χ3n) is 2.89. The molecule has 1 aliphatic rings. The lowest BCUT2D eigenvalue weighted by atomic mass is 10.2. The first-order valence-electron chi connectivity index (χ1n) is 5.96. The maximum absolute atomic E-state index is 11.8. The highest BCUT2D eigenvalue weighted by Gasteiger charge is 2.17. The van der Waals surface area contributed by atoms with Crippen molar-refractivity contribution in [3.8, 4) is 5.75 Å². The molecule has 0 unspecified atom stereocenters. The lowest BCUT2D eigenvalue weighted by Gasteiger charge is -2.15. The van der Waals surface area contributed by atoms with Crippen LogP contribution in [0, 0.1) is 0 Å². The molecule has 0 radical (unpaired) electrons. The molecule has 1 heterocycles. The van der Waals surface area contributed by atoms with Crippen LogP contribution in [0.15, 0.2) is 18.2 Å². The van der Waals surface area contributed by atoms with Crippen LogP contribution in [0.4, 0.5) is 0 Å². The van der Waals surface area contributed by atoms with Crippen LogP contribution < -0.4 is 10.1 Å². The number of nitrogens with zero attached hydrogens (tertiary/aromatic N) is 1. The van der Waals surface area contributed by atoms with Gasteiger partial charge in [0.25, 0.3) is 5.91 Å². The smallest absolute Gasteiger partial charge is 0.254 e. The summed E-state index contributed by atoms with van der Waals surface area (Å²) in [6.07, 6.45) is 1.19. The van der Waals surface area contributed by atoms with Gasteiger partial charge in [-0.05, 0) is 31.2 Å². The van der Waals surface area contributed by atoms with Gasteiger partial charge in [0.15, 0.2) is 0 Å². The van der Waals surface area contributed by atoms with E-state index in [2.05, 4.69) is 5.32 Å². The van der Waals surface area contributed by atoms with E-state index in [-0.39, 0.29) is 12.0 Å². The molecule has 1 amide bonds. The second kappa shape index (κ2) is 5.59. The largest absolute Gasteiger partial charge is 0.489 e. The number of benzene rings is 1. The van der Waals surface area contributed by atoms with Crippen molar-refractivity contribution >= 4 is 17.5 Å². The average Bonchev–Trinajstić information content (AvgIpc) is 2.81. The van der Waals surface area contributed by atoms with Crippen LogP contribution in [0.5, 0.6) is 5.75 Å². The highest BCUT2D eigenvalue weighted by Crippen LogP contribution is 2.24. The van der Waals surface area contributed by atoms with Gasteiger partial charge in [-0.25, -0.2) is 0 Å². The normalized spacial score (nSPS) is 18.7.